The summed E-state index contributed by atoms with van der Waals surface area (Å²) in [5.74, 6) is 1.37. The van der Waals surface area contributed by atoms with Crippen LogP contribution in [0.3, 0.4) is 0 Å². The van der Waals surface area contributed by atoms with Crippen molar-refractivity contribution >= 4 is 11.6 Å². The molecule has 0 atom stereocenters. The van der Waals surface area contributed by atoms with E-state index in [1.807, 2.05) is 25.1 Å². The van der Waals surface area contributed by atoms with Crippen molar-refractivity contribution in [2.45, 2.75) is 13.3 Å². The number of hydrogen-bond donors (Lipinski definition) is 1. The lowest BCUT2D eigenvalue weighted by Crippen LogP contribution is -2.06. The molecule has 0 radical (unpaired) electrons. The molecular formula is C13H18ClNO2. The van der Waals surface area contributed by atoms with Gasteiger partial charge in [0.05, 0.1) is 7.11 Å². The molecule has 0 saturated heterocycles. The van der Waals surface area contributed by atoms with Gasteiger partial charge in [0.25, 0.3) is 0 Å². The second-order valence-corrected chi connectivity index (χ2v) is 3.95. The van der Waals surface area contributed by atoms with Gasteiger partial charge in [-0.05, 0) is 26.0 Å². The summed E-state index contributed by atoms with van der Waals surface area (Å²) in [6.45, 7) is 3.00. The topological polar surface area (TPSA) is 44.5 Å². The molecule has 0 unspecified atom stereocenters. The Hall–Kier alpha value is -1.19. The first-order valence-electron chi connectivity index (χ1n) is 5.53. The molecule has 94 valence electrons. The van der Waals surface area contributed by atoms with Gasteiger partial charge in [-0.15, -0.1) is 0 Å². The number of nitrogens with two attached hydrogens (primary N) is 1. The Morgan fingerprint density at radius 2 is 2.18 bits per heavy atom. The number of benzene rings is 1. The largest absolute Gasteiger partial charge is 0.493 e. The van der Waals surface area contributed by atoms with Crippen molar-refractivity contribution in [2.24, 2.45) is 5.73 Å². The van der Waals surface area contributed by atoms with Gasteiger partial charge in [-0.25, -0.2) is 0 Å². The van der Waals surface area contributed by atoms with Crippen LogP contribution in [0, 0.1) is 0 Å². The molecule has 2 N–H and O–H groups in total. The smallest absolute Gasteiger partial charge is 0.164 e. The fourth-order valence-electron chi connectivity index (χ4n) is 1.51. The average molecular weight is 256 g/mol. The molecule has 1 aromatic carbocycles. The monoisotopic (exact) mass is 255 g/mol. The van der Waals surface area contributed by atoms with Gasteiger partial charge in [-0.2, -0.15) is 0 Å². The van der Waals surface area contributed by atoms with Crippen molar-refractivity contribution in [3.05, 3.63) is 34.9 Å². The molecule has 0 spiro atoms. The second-order valence-electron chi connectivity index (χ2n) is 3.52. The van der Waals surface area contributed by atoms with E-state index >= 15 is 0 Å². The maximum absolute atomic E-state index is 6.01. The fraction of sp³-hybridized carbons (Fsp3) is 0.385. The summed E-state index contributed by atoms with van der Waals surface area (Å²) in [6, 6.07) is 3.61. The normalized spacial score (nSPS) is 10.8. The standard InChI is InChI=1S/C13H18ClNO2/c1-3-4-7-17-13-10(5-6-15)8-11(14)9-12(13)16-2/h3-4,8-9H,5-7,15H2,1-2H3/b4-3+. The lowest BCUT2D eigenvalue weighted by molar-refractivity contribution is 0.323. The lowest BCUT2D eigenvalue weighted by atomic mass is 10.1. The van der Waals surface area contributed by atoms with Gasteiger partial charge in [-0.3, -0.25) is 0 Å². The van der Waals surface area contributed by atoms with Crippen LogP contribution in [0.25, 0.3) is 0 Å². The maximum Gasteiger partial charge on any atom is 0.164 e. The Balaban J connectivity index is 3.02. The summed E-state index contributed by atoms with van der Waals surface area (Å²) >= 11 is 6.01. The van der Waals surface area contributed by atoms with E-state index in [-0.39, 0.29) is 0 Å². The van der Waals surface area contributed by atoms with E-state index < -0.39 is 0 Å². The SMILES string of the molecule is C/C=C/COc1c(CCN)cc(Cl)cc1OC. The number of methoxy groups -OCH3 is 1. The van der Waals surface area contributed by atoms with Crippen LogP contribution >= 0.6 is 11.6 Å². The Kier molecular flexibility index (Phi) is 5.87. The van der Waals surface area contributed by atoms with Crippen LogP contribution in [-0.2, 0) is 6.42 Å². The summed E-state index contributed by atoms with van der Waals surface area (Å²) in [4.78, 5) is 0. The van der Waals surface area contributed by atoms with Crippen molar-refractivity contribution < 1.29 is 9.47 Å². The summed E-state index contributed by atoms with van der Waals surface area (Å²) in [5.41, 5.74) is 6.55. The minimum Gasteiger partial charge on any atom is -0.493 e. The summed E-state index contributed by atoms with van der Waals surface area (Å²) in [6.07, 6.45) is 4.58. The van der Waals surface area contributed by atoms with E-state index in [0.717, 1.165) is 11.3 Å². The van der Waals surface area contributed by atoms with Crippen LogP contribution in [0.2, 0.25) is 5.02 Å². The zero-order chi connectivity index (χ0) is 12.7. The van der Waals surface area contributed by atoms with Gasteiger partial charge in [0, 0.05) is 16.7 Å². The molecule has 1 rings (SSSR count). The highest BCUT2D eigenvalue weighted by atomic mass is 35.5. The number of halogens is 1. The van der Waals surface area contributed by atoms with Gasteiger partial charge in [0.1, 0.15) is 6.61 Å². The lowest BCUT2D eigenvalue weighted by Gasteiger charge is -2.14. The Labute approximate surface area is 107 Å². The Bertz CT molecular complexity index is 391. The number of allylic oxidation sites excluding steroid dienone is 1. The third-order valence-electron chi connectivity index (χ3n) is 2.29. The Morgan fingerprint density at radius 1 is 1.41 bits per heavy atom. The van der Waals surface area contributed by atoms with E-state index in [1.165, 1.54) is 0 Å². The Morgan fingerprint density at radius 3 is 2.76 bits per heavy atom. The molecular weight excluding hydrogens is 238 g/mol. The molecule has 0 amide bonds. The fourth-order valence-corrected chi connectivity index (χ4v) is 1.74. The molecule has 4 heteroatoms. The van der Waals surface area contributed by atoms with Crippen molar-refractivity contribution in [3.8, 4) is 11.5 Å². The first-order valence-corrected chi connectivity index (χ1v) is 5.91. The summed E-state index contributed by atoms with van der Waals surface area (Å²) < 4.78 is 11.0. The molecule has 17 heavy (non-hydrogen) atoms. The molecule has 3 nitrogen and oxygen atoms in total. The first kappa shape index (κ1) is 13.9. The molecule has 0 fully saturated rings. The third-order valence-corrected chi connectivity index (χ3v) is 2.51. The third kappa shape index (κ3) is 3.95. The minimum atomic E-state index is 0.506. The highest BCUT2D eigenvalue weighted by Gasteiger charge is 2.11. The number of rotatable bonds is 6. The molecule has 0 aliphatic rings. The van der Waals surface area contributed by atoms with Gasteiger partial charge in [-0.1, -0.05) is 23.8 Å². The van der Waals surface area contributed by atoms with Crippen molar-refractivity contribution in [1.29, 1.82) is 0 Å². The molecule has 0 aliphatic carbocycles. The predicted octanol–water partition coefficient (Wildman–Crippen LogP) is 2.80. The second kappa shape index (κ2) is 7.20. The molecule has 0 saturated carbocycles. The van der Waals surface area contributed by atoms with E-state index in [1.54, 1.807) is 13.2 Å². The molecule has 1 aromatic rings. The van der Waals surface area contributed by atoms with Crippen LogP contribution in [0.1, 0.15) is 12.5 Å². The van der Waals surface area contributed by atoms with Crippen LogP contribution in [0.5, 0.6) is 11.5 Å². The maximum atomic E-state index is 6.01. The summed E-state index contributed by atoms with van der Waals surface area (Å²) in [7, 11) is 1.60. The van der Waals surface area contributed by atoms with Gasteiger partial charge < -0.3 is 15.2 Å². The van der Waals surface area contributed by atoms with E-state index in [4.69, 9.17) is 26.8 Å². The summed E-state index contributed by atoms with van der Waals surface area (Å²) in [5, 5.41) is 0.628. The quantitative estimate of drug-likeness (QED) is 0.795. The van der Waals surface area contributed by atoms with Gasteiger partial charge in [0.2, 0.25) is 0 Å². The molecule has 0 heterocycles. The average Bonchev–Trinajstić information content (AvgIpc) is 2.31. The molecule has 0 bridgehead atoms. The van der Waals surface area contributed by atoms with E-state index in [9.17, 15) is 0 Å². The zero-order valence-electron chi connectivity index (χ0n) is 10.2. The van der Waals surface area contributed by atoms with Crippen LogP contribution < -0.4 is 15.2 Å². The minimum absolute atomic E-state index is 0.506. The van der Waals surface area contributed by atoms with Crippen LogP contribution in [-0.4, -0.2) is 20.3 Å². The van der Waals surface area contributed by atoms with Crippen molar-refractivity contribution in [1.82, 2.24) is 0 Å². The van der Waals surface area contributed by atoms with E-state index in [0.29, 0.717) is 30.3 Å². The number of hydrogen-bond acceptors (Lipinski definition) is 3. The van der Waals surface area contributed by atoms with E-state index in [2.05, 4.69) is 0 Å². The highest BCUT2D eigenvalue weighted by Crippen LogP contribution is 2.34. The highest BCUT2D eigenvalue weighted by molar-refractivity contribution is 6.30. The van der Waals surface area contributed by atoms with Crippen LogP contribution in [0.4, 0.5) is 0 Å². The van der Waals surface area contributed by atoms with Crippen molar-refractivity contribution in [2.75, 3.05) is 20.3 Å². The van der Waals surface area contributed by atoms with Crippen LogP contribution in [0.15, 0.2) is 24.3 Å². The predicted molar refractivity (Wildman–Crippen MR) is 71.1 cm³/mol. The van der Waals surface area contributed by atoms with Gasteiger partial charge >= 0.3 is 0 Å². The first-order chi connectivity index (χ1) is 8.22. The number of ether oxygens (including phenoxy) is 2. The van der Waals surface area contributed by atoms with Gasteiger partial charge in [0.15, 0.2) is 11.5 Å². The zero-order valence-corrected chi connectivity index (χ0v) is 11.0. The molecule has 0 aliphatic heterocycles. The molecule has 0 aromatic heterocycles. The van der Waals surface area contributed by atoms with Crippen molar-refractivity contribution in [3.63, 3.8) is 0 Å².